The average molecular weight is 384 g/mol. The van der Waals surface area contributed by atoms with Crippen LogP contribution < -0.4 is 4.90 Å². The van der Waals surface area contributed by atoms with Crippen molar-refractivity contribution in [2.75, 3.05) is 18.1 Å². The van der Waals surface area contributed by atoms with Crippen LogP contribution in [0.2, 0.25) is 0 Å². The van der Waals surface area contributed by atoms with Crippen LogP contribution in [0.3, 0.4) is 0 Å². The van der Waals surface area contributed by atoms with Gasteiger partial charge in [-0.3, -0.25) is 9.69 Å². The van der Waals surface area contributed by atoms with Gasteiger partial charge in [0.1, 0.15) is 12.2 Å². The van der Waals surface area contributed by atoms with Gasteiger partial charge in [-0.1, -0.05) is 22.9 Å². The SMILES string of the molecule is CC(=O)OCC1(C)CN(C(=O)OC(C)(C)C)c2ccc(Br)cc21. The Labute approximate surface area is 145 Å². The molecule has 1 aliphatic rings. The first-order chi connectivity index (χ1) is 10.5. The van der Waals surface area contributed by atoms with E-state index in [0.29, 0.717) is 6.54 Å². The molecule has 5 nitrogen and oxygen atoms in total. The van der Waals surface area contributed by atoms with Crippen molar-refractivity contribution < 1.29 is 19.1 Å². The molecule has 6 heteroatoms. The molecule has 0 saturated heterocycles. The van der Waals surface area contributed by atoms with Gasteiger partial charge in [-0.05, 0) is 44.5 Å². The predicted octanol–water partition coefficient (Wildman–Crippen LogP) is 4.03. The highest BCUT2D eigenvalue weighted by molar-refractivity contribution is 9.10. The summed E-state index contributed by atoms with van der Waals surface area (Å²) >= 11 is 3.46. The van der Waals surface area contributed by atoms with Gasteiger partial charge in [0.15, 0.2) is 0 Å². The summed E-state index contributed by atoms with van der Waals surface area (Å²) in [6, 6.07) is 5.72. The van der Waals surface area contributed by atoms with Crippen molar-refractivity contribution in [1.82, 2.24) is 0 Å². The Bertz CT molecular complexity index is 638. The summed E-state index contributed by atoms with van der Waals surface area (Å²) in [5, 5.41) is 0. The fourth-order valence-electron chi connectivity index (χ4n) is 2.61. The van der Waals surface area contributed by atoms with Crippen molar-refractivity contribution in [3.8, 4) is 0 Å². The number of hydrogen-bond acceptors (Lipinski definition) is 4. The number of fused-ring (bicyclic) bond motifs is 1. The molecule has 1 aromatic carbocycles. The lowest BCUT2D eigenvalue weighted by Crippen LogP contribution is -2.41. The number of esters is 1. The molecule has 1 aromatic rings. The topological polar surface area (TPSA) is 55.8 Å². The highest BCUT2D eigenvalue weighted by Gasteiger charge is 2.43. The van der Waals surface area contributed by atoms with Gasteiger partial charge in [0.25, 0.3) is 0 Å². The van der Waals surface area contributed by atoms with Crippen molar-refractivity contribution >= 4 is 33.7 Å². The lowest BCUT2D eigenvalue weighted by atomic mass is 9.85. The number of anilines is 1. The molecule has 126 valence electrons. The molecule has 0 saturated carbocycles. The maximum atomic E-state index is 12.5. The van der Waals surface area contributed by atoms with E-state index in [9.17, 15) is 9.59 Å². The predicted molar refractivity (Wildman–Crippen MR) is 91.7 cm³/mol. The van der Waals surface area contributed by atoms with Crippen molar-refractivity contribution in [3.63, 3.8) is 0 Å². The van der Waals surface area contributed by atoms with E-state index in [1.165, 1.54) is 6.92 Å². The van der Waals surface area contributed by atoms with Crippen LogP contribution >= 0.6 is 15.9 Å². The van der Waals surface area contributed by atoms with E-state index in [1.54, 1.807) is 4.90 Å². The van der Waals surface area contributed by atoms with Crippen LogP contribution in [0.5, 0.6) is 0 Å². The molecule has 1 atom stereocenters. The average Bonchev–Trinajstić information content (AvgIpc) is 2.69. The largest absolute Gasteiger partial charge is 0.465 e. The number of halogens is 1. The smallest absolute Gasteiger partial charge is 0.414 e. The molecule has 1 unspecified atom stereocenters. The molecule has 2 rings (SSSR count). The molecule has 1 amide bonds. The Morgan fingerprint density at radius 3 is 2.57 bits per heavy atom. The number of amides is 1. The Morgan fingerprint density at radius 2 is 2.00 bits per heavy atom. The molecule has 0 aliphatic carbocycles. The van der Waals surface area contributed by atoms with Crippen LogP contribution in [0.4, 0.5) is 10.5 Å². The lowest BCUT2D eigenvalue weighted by Gasteiger charge is -2.27. The van der Waals surface area contributed by atoms with Crippen molar-refractivity contribution in [1.29, 1.82) is 0 Å². The highest BCUT2D eigenvalue weighted by Crippen LogP contribution is 2.42. The maximum absolute atomic E-state index is 12.5. The van der Waals surface area contributed by atoms with E-state index >= 15 is 0 Å². The number of carbonyl (C=O) groups is 2. The van der Waals surface area contributed by atoms with E-state index in [1.807, 2.05) is 45.9 Å². The van der Waals surface area contributed by atoms with Gasteiger partial charge >= 0.3 is 12.1 Å². The van der Waals surface area contributed by atoms with E-state index in [4.69, 9.17) is 9.47 Å². The minimum atomic E-state index is -0.568. The second-order valence-electron chi connectivity index (χ2n) is 7.07. The third-order valence-electron chi connectivity index (χ3n) is 3.61. The van der Waals surface area contributed by atoms with E-state index < -0.39 is 17.1 Å². The van der Waals surface area contributed by atoms with E-state index in [2.05, 4.69) is 15.9 Å². The Kier molecular flexibility index (Phi) is 4.76. The quantitative estimate of drug-likeness (QED) is 0.723. The summed E-state index contributed by atoms with van der Waals surface area (Å²) in [5.74, 6) is -0.335. The molecular weight excluding hydrogens is 362 g/mol. The number of benzene rings is 1. The molecule has 0 radical (unpaired) electrons. The summed E-state index contributed by atoms with van der Waals surface area (Å²) in [6.07, 6.45) is -0.396. The molecule has 0 bridgehead atoms. The molecule has 0 aromatic heterocycles. The number of nitrogens with zero attached hydrogens (tertiary/aromatic N) is 1. The minimum Gasteiger partial charge on any atom is -0.465 e. The van der Waals surface area contributed by atoms with Crippen molar-refractivity contribution in [2.45, 2.75) is 45.6 Å². The first-order valence-electron chi connectivity index (χ1n) is 7.46. The minimum absolute atomic E-state index is 0.213. The summed E-state index contributed by atoms with van der Waals surface area (Å²) in [5.41, 5.74) is 0.708. The van der Waals surface area contributed by atoms with Crippen LogP contribution in [0, 0.1) is 0 Å². The lowest BCUT2D eigenvalue weighted by molar-refractivity contribution is -0.142. The zero-order valence-corrected chi connectivity index (χ0v) is 15.7. The van der Waals surface area contributed by atoms with Gasteiger partial charge in [-0.15, -0.1) is 0 Å². The molecule has 0 fully saturated rings. The number of ether oxygens (including phenoxy) is 2. The Morgan fingerprint density at radius 1 is 1.35 bits per heavy atom. The monoisotopic (exact) mass is 383 g/mol. The maximum Gasteiger partial charge on any atom is 0.414 e. The first-order valence-corrected chi connectivity index (χ1v) is 8.25. The van der Waals surface area contributed by atoms with Crippen LogP contribution in [-0.2, 0) is 19.7 Å². The molecule has 1 heterocycles. The molecule has 0 spiro atoms. The molecular formula is C17H22BrNO4. The summed E-state index contributed by atoms with van der Waals surface area (Å²) in [7, 11) is 0. The van der Waals surface area contributed by atoms with Crippen LogP contribution in [0.15, 0.2) is 22.7 Å². The second kappa shape index (κ2) is 6.15. The number of carbonyl (C=O) groups excluding carboxylic acids is 2. The van der Waals surface area contributed by atoms with Crippen LogP contribution in [0.25, 0.3) is 0 Å². The van der Waals surface area contributed by atoms with Crippen molar-refractivity contribution in [3.05, 3.63) is 28.2 Å². The normalized spacial score (nSPS) is 20.2. The molecule has 0 N–H and O–H groups in total. The Balaban J connectivity index is 2.35. The van der Waals surface area contributed by atoms with Crippen LogP contribution in [-0.4, -0.2) is 30.8 Å². The van der Waals surface area contributed by atoms with E-state index in [0.717, 1.165) is 15.7 Å². The summed E-state index contributed by atoms with van der Waals surface area (Å²) in [6.45, 7) is 9.48. The molecule has 1 aliphatic heterocycles. The van der Waals surface area contributed by atoms with E-state index in [-0.39, 0.29) is 12.6 Å². The third kappa shape index (κ3) is 4.05. The standard InChI is InChI=1S/C17H22BrNO4/c1-11(20)22-10-17(5)9-19(15(21)23-16(2,3)4)14-7-6-12(18)8-13(14)17/h6-8H,9-10H2,1-5H3. The fourth-order valence-corrected chi connectivity index (χ4v) is 2.97. The van der Waals surface area contributed by atoms with Gasteiger partial charge in [0, 0.05) is 23.4 Å². The summed E-state index contributed by atoms with van der Waals surface area (Å²) in [4.78, 5) is 25.3. The van der Waals surface area contributed by atoms with Gasteiger partial charge in [0.2, 0.25) is 0 Å². The number of rotatable bonds is 2. The first kappa shape index (κ1) is 17.8. The van der Waals surface area contributed by atoms with Crippen LogP contribution in [0.1, 0.15) is 40.2 Å². The zero-order chi connectivity index (χ0) is 17.4. The van der Waals surface area contributed by atoms with Gasteiger partial charge in [0.05, 0.1) is 5.69 Å². The fraction of sp³-hybridized carbons (Fsp3) is 0.529. The Hall–Kier alpha value is -1.56. The van der Waals surface area contributed by atoms with Gasteiger partial charge in [-0.25, -0.2) is 4.79 Å². The van der Waals surface area contributed by atoms with Gasteiger partial charge in [-0.2, -0.15) is 0 Å². The number of hydrogen-bond donors (Lipinski definition) is 0. The molecule has 23 heavy (non-hydrogen) atoms. The van der Waals surface area contributed by atoms with Gasteiger partial charge < -0.3 is 9.47 Å². The summed E-state index contributed by atoms with van der Waals surface area (Å²) < 4.78 is 11.6. The third-order valence-corrected chi connectivity index (χ3v) is 4.11. The highest BCUT2D eigenvalue weighted by atomic mass is 79.9. The second-order valence-corrected chi connectivity index (χ2v) is 7.98. The zero-order valence-electron chi connectivity index (χ0n) is 14.1. The van der Waals surface area contributed by atoms with Crippen molar-refractivity contribution in [2.24, 2.45) is 0 Å².